The van der Waals surface area contributed by atoms with E-state index in [0.29, 0.717) is 5.69 Å². The first-order chi connectivity index (χ1) is 9.06. The Hall–Kier alpha value is -2.10. The minimum atomic E-state index is -2.73. The van der Waals surface area contributed by atoms with Crippen molar-refractivity contribution in [1.29, 1.82) is 0 Å². The molecule has 0 aromatic heterocycles. The maximum Gasteiger partial charge on any atom is 0.348 e. The summed E-state index contributed by atoms with van der Waals surface area (Å²) < 4.78 is 23.5. The number of rotatable bonds is 3. The number of benzene rings is 2. The fraction of sp³-hybridized carbons (Fsp3) is 0. The largest absolute Gasteiger partial charge is 0.591 e. The minimum absolute atomic E-state index is 0.0711. The summed E-state index contributed by atoms with van der Waals surface area (Å²) in [5.74, 6) is -0.853. The van der Waals surface area contributed by atoms with Crippen molar-refractivity contribution in [3.63, 3.8) is 0 Å². The van der Waals surface area contributed by atoms with Gasteiger partial charge in [-0.05, 0) is 36.4 Å². The van der Waals surface area contributed by atoms with Crippen LogP contribution in [0.2, 0.25) is 0 Å². The van der Waals surface area contributed by atoms with Gasteiger partial charge in [0.05, 0.1) is 0 Å². The molecule has 96 valence electrons. The van der Waals surface area contributed by atoms with Crippen LogP contribution in [0.1, 0.15) is 10.4 Å². The molecule has 0 aliphatic carbocycles. The number of anilines is 1. The van der Waals surface area contributed by atoms with Crippen molar-refractivity contribution in [1.82, 2.24) is 0 Å². The summed E-state index contributed by atoms with van der Waals surface area (Å²) >= 11 is 0. The molecule has 0 radical (unpaired) electrons. The number of halogens is 1. The number of hydrogen-bond acceptors (Lipinski definition) is 3. The third-order valence-corrected chi connectivity index (χ3v) is 3.12. The molecule has 19 heavy (non-hydrogen) atoms. The lowest BCUT2D eigenvalue weighted by Crippen LogP contribution is -2.14. The van der Waals surface area contributed by atoms with E-state index in [4.69, 9.17) is 0 Å². The average molecular weight is 277 g/mol. The SMILES string of the molecule is O=C(Nc1ccc(F)cc1)c1cccc([P+](=O)[O-])c1. The van der Waals surface area contributed by atoms with Gasteiger partial charge in [0, 0.05) is 17.3 Å². The van der Waals surface area contributed by atoms with Gasteiger partial charge in [0.25, 0.3) is 5.91 Å². The second-order valence-electron chi connectivity index (χ2n) is 3.77. The lowest BCUT2D eigenvalue weighted by molar-refractivity contribution is -0.160. The van der Waals surface area contributed by atoms with Gasteiger partial charge in [0.1, 0.15) is 5.82 Å². The van der Waals surface area contributed by atoms with Crippen LogP contribution < -0.4 is 15.5 Å². The zero-order chi connectivity index (χ0) is 13.8. The standard InChI is InChI=1S/C13H9FNO3P/c14-10-4-6-11(7-5-10)15-13(16)9-2-1-3-12(8-9)19(17)18/h1-8H,(H,15,16). The van der Waals surface area contributed by atoms with Crippen molar-refractivity contribution in [2.24, 2.45) is 0 Å². The van der Waals surface area contributed by atoms with Crippen molar-refractivity contribution in [2.75, 3.05) is 5.32 Å². The van der Waals surface area contributed by atoms with E-state index in [1.807, 2.05) is 0 Å². The van der Waals surface area contributed by atoms with E-state index < -0.39 is 19.8 Å². The van der Waals surface area contributed by atoms with E-state index in [1.165, 1.54) is 48.5 Å². The van der Waals surface area contributed by atoms with Gasteiger partial charge in [-0.2, -0.15) is 0 Å². The first-order valence-corrected chi connectivity index (χ1v) is 6.55. The van der Waals surface area contributed by atoms with Crippen molar-refractivity contribution in [3.05, 3.63) is 59.9 Å². The molecule has 6 heteroatoms. The van der Waals surface area contributed by atoms with E-state index >= 15 is 0 Å². The number of carbonyl (C=O) groups is 1. The Morgan fingerprint density at radius 2 is 1.84 bits per heavy atom. The molecule has 1 unspecified atom stereocenters. The molecule has 0 spiro atoms. The van der Waals surface area contributed by atoms with Crippen LogP contribution >= 0.6 is 8.03 Å². The number of nitrogens with one attached hydrogen (secondary N) is 1. The Morgan fingerprint density at radius 3 is 2.47 bits per heavy atom. The average Bonchev–Trinajstić information content (AvgIpc) is 2.41. The maximum atomic E-state index is 12.7. The lowest BCUT2D eigenvalue weighted by atomic mass is 10.2. The van der Waals surface area contributed by atoms with Gasteiger partial charge < -0.3 is 10.2 Å². The summed E-state index contributed by atoms with van der Waals surface area (Å²) in [6.07, 6.45) is 0. The molecule has 0 saturated heterocycles. The summed E-state index contributed by atoms with van der Waals surface area (Å²) in [5.41, 5.74) is 0.657. The maximum absolute atomic E-state index is 12.7. The molecule has 2 rings (SSSR count). The predicted octanol–water partition coefficient (Wildman–Crippen LogP) is 1.81. The molecule has 0 saturated carbocycles. The van der Waals surface area contributed by atoms with Gasteiger partial charge in [-0.1, -0.05) is 10.6 Å². The Kier molecular flexibility index (Phi) is 4.00. The second kappa shape index (κ2) is 5.69. The fourth-order valence-corrected chi connectivity index (χ4v) is 1.95. The quantitative estimate of drug-likeness (QED) is 0.870. The van der Waals surface area contributed by atoms with Gasteiger partial charge >= 0.3 is 8.03 Å². The monoisotopic (exact) mass is 277 g/mol. The van der Waals surface area contributed by atoms with E-state index in [0.717, 1.165) is 0 Å². The Labute approximate surface area is 109 Å². The summed E-state index contributed by atoms with van der Waals surface area (Å²) in [4.78, 5) is 22.7. The van der Waals surface area contributed by atoms with Gasteiger partial charge in [-0.3, -0.25) is 4.79 Å². The van der Waals surface area contributed by atoms with Gasteiger partial charge in [-0.15, -0.1) is 0 Å². The second-order valence-corrected chi connectivity index (χ2v) is 4.80. The summed E-state index contributed by atoms with van der Waals surface area (Å²) in [6.45, 7) is 0. The van der Waals surface area contributed by atoms with E-state index in [-0.39, 0.29) is 10.9 Å². The molecule has 2 aromatic rings. The van der Waals surface area contributed by atoms with Crippen molar-refractivity contribution < 1.29 is 18.6 Å². The molecule has 1 atom stereocenters. The lowest BCUT2D eigenvalue weighted by Gasteiger charge is -2.05. The van der Waals surface area contributed by atoms with Crippen molar-refractivity contribution in [3.8, 4) is 0 Å². The van der Waals surface area contributed by atoms with Gasteiger partial charge in [0.15, 0.2) is 5.30 Å². The van der Waals surface area contributed by atoms with Crippen LogP contribution in [0.4, 0.5) is 10.1 Å². The first-order valence-electron chi connectivity index (χ1n) is 5.37. The highest BCUT2D eigenvalue weighted by atomic mass is 31.1. The summed E-state index contributed by atoms with van der Waals surface area (Å²) in [6, 6.07) is 11.0. The molecule has 0 fully saturated rings. The van der Waals surface area contributed by atoms with Crippen LogP contribution in [0.25, 0.3) is 0 Å². The van der Waals surface area contributed by atoms with Crippen LogP contribution in [0, 0.1) is 5.82 Å². The zero-order valence-electron chi connectivity index (χ0n) is 9.67. The Bertz CT molecular complexity index is 628. The molecule has 0 aliphatic heterocycles. The Morgan fingerprint density at radius 1 is 1.16 bits per heavy atom. The topological polar surface area (TPSA) is 69.2 Å². The number of hydrogen-bond donors (Lipinski definition) is 1. The molecule has 2 aromatic carbocycles. The number of amides is 1. The first kappa shape index (κ1) is 13.3. The van der Waals surface area contributed by atoms with Crippen LogP contribution in [-0.2, 0) is 4.57 Å². The summed E-state index contributed by atoms with van der Waals surface area (Å²) in [5, 5.41) is 2.62. The molecule has 4 nitrogen and oxygen atoms in total. The molecular weight excluding hydrogens is 268 g/mol. The van der Waals surface area contributed by atoms with E-state index in [9.17, 15) is 18.6 Å². The molecule has 0 heterocycles. The summed E-state index contributed by atoms with van der Waals surface area (Å²) in [7, 11) is -2.73. The van der Waals surface area contributed by atoms with Crippen LogP contribution in [0.5, 0.6) is 0 Å². The van der Waals surface area contributed by atoms with E-state index in [2.05, 4.69) is 5.32 Å². The highest BCUT2D eigenvalue weighted by Crippen LogP contribution is 2.12. The van der Waals surface area contributed by atoms with Crippen LogP contribution in [0.15, 0.2) is 48.5 Å². The highest BCUT2D eigenvalue weighted by Gasteiger charge is 2.12. The smallest absolute Gasteiger partial charge is 0.348 e. The molecule has 0 aliphatic rings. The molecule has 1 amide bonds. The van der Waals surface area contributed by atoms with Crippen LogP contribution in [0.3, 0.4) is 0 Å². The third kappa shape index (κ3) is 3.44. The fourth-order valence-electron chi connectivity index (χ4n) is 1.50. The van der Waals surface area contributed by atoms with Crippen LogP contribution in [-0.4, -0.2) is 5.91 Å². The molecule has 1 N–H and O–H groups in total. The van der Waals surface area contributed by atoms with Gasteiger partial charge in [0.2, 0.25) is 0 Å². The predicted molar refractivity (Wildman–Crippen MR) is 68.0 cm³/mol. The molecule has 0 bridgehead atoms. The van der Waals surface area contributed by atoms with Crippen molar-refractivity contribution in [2.45, 2.75) is 0 Å². The highest BCUT2D eigenvalue weighted by molar-refractivity contribution is 7.45. The van der Waals surface area contributed by atoms with E-state index in [1.54, 1.807) is 0 Å². The van der Waals surface area contributed by atoms with Crippen molar-refractivity contribution >= 4 is 24.9 Å². The normalized spacial score (nSPS) is 10.9. The zero-order valence-corrected chi connectivity index (χ0v) is 10.6. The Balaban J connectivity index is 2.18. The molecular formula is C13H9FNO3P. The number of carbonyl (C=O) groups excluding carboxylic acids is 1. The third-order valence-electron chi connectivity index (χ3n) is 2.42. The van der Waals surface area contributed by atoms with Gasteiger partial charge in [-0.25, -0.2) is 4.39 Å². The minimum Gasteiger partial charge on any atom is -0.591 e.